The predicted molar refractivity (Wildman–Crippen MR) is 128 cm³/mol. The lowest BCUT2D eigenvalue weighted by atomic mass is 9.90. The van der Waals surface area contributed by atoms with Crippen LogP contribution in [0.4, 0.5) is 0 Å². The summed E-state index contributed by atoms with van der Waals surface area (Å²) in [6, 6.07) is 25.0. The van der Waals surface area contributed by atoms with E-state index in [9.17, 15) is 19.5 Å². The summed E-state index contributed by atoms with van der Waals surface area (Å²) in [7, 11) is 0. The molecule has 0 spiro atoms. The molecule has 1 fully saturated rings. The molecule has 0 aromatic heterocycles. The fourth-order valence-corrected chi connectivity index (χ4v) is 3.89. The number of ether oxygens (including phenoxy) is 4. The van der Waals surface area contributed by atoms with E-state index in [4.69, 9.17) is 18.9 Å². The third-order valence-electron chi connectivity index (χ3n) is 5.92. The standard InChI is InChI=1S/C28H26O8/c1-18-22(17-33-25(29)19-11-5-2-6-12-19)34-28(32)24(36-27(31)21-15-9-4-10-16-21)23(18)35-26(30)20-13-7-3-8-14-20/h2-16,18,22-24,28,32H,17H2,1H3/t18-,22-,23+,24-,28?/m1/s1. The van der Waals surface area contributed by atoms with Crippen LogP contribution in [-0.2, 0) is 18.9 Å². The van der Waals surface area contributed by atoms with Crippen LogP contribution in [0.15, 0.2) is 91.0 Å². The minimum Gasteiger partial charge on any atom is -0.459 e. The Bertz CT molecular complexity index is 1170. The van der Waals surface area contributed by atoms with Crippen LogP contribution in [0.1, 0.15) is 38.0 Å². The molecule has 1 heterocycles. The lowest BCUT2D eigenvalue weighted by Gasteiger charge is -2.42. The Hall–Kier alpha value is -4.01. The number of benzene rings is 3. The first kappa shape index (κ1) is 25.1. The van der Waals surface area contributed by atoms with E-state index in [1.165, 1.54) is 0 Å². The predicted octanol–water partition coefficient (Wildman–Crippen LogP) is 3.65. The fraction of sp³-hybridized carbons (Fsp3) is 0.250. The van der Waals surface area contributed by atoms with Crippen molar-refractivity contribution in [2.24, 2.45) is 5.92 Å². The molecule has 8 heteroatoms. The highest BCUT2D eigenvalue weighted by Gasteiger charge is 2.48. The number of aliphatic hydroxyl groups excluding tert-OH is 1. The van der Waals surface area contributed by atoms with Crippen LogP contribution >= 0.6 is 0 Å². The Labute approximate surface area is 208 Å². The zero-order chi connectivity index (χ0) is 25.5. The molecule has 3 aromatic rings. The molecule has 0 amide bonds. The molecule has 1 unspecified atom stereocenters. The van der Waals surface area contributed by atoms with Gasteiger partial charge in [0.1, 0.15) is 18.8 Å². The molecule has 36 heavy (non-hydrogen) atoms. The zero-order valence-electron chi connectivity index (χ0n) is 19.6. The van der Waals surface area contributed by atoms with Crippen LogP contribution in [0.3, 0.4) is 0 Å². The van der Waals surface area contributed by atoms with Crippen LogP contribution in [0.25, 0.3) is 0 Å². The molecule has 186 valence electrons. The molecule has 0 bridgehead atoms. The van der Waals surface area contributed by atoms with Gasteiger partial charge in [-0.3, -0.25) is 0 Å². The van der Waals surface area contributed by atoms with Crippen molar-refractivity contribution in [2.45, 2.75) is 31.5 Å². The van der Waals surface area contributed by atoms with Crippen molar-refractivity contribution < 1.29 is 38.4 Å². The van der Waals surface area contributed by atoms with Gasteiger partial charge < -0.3 is 24.1 Å². The second-order valence-corrected chi connectivity index (χ2v) is 8.36. The molecule has 0 radical (unpaired) electrons. The average molecular weight is 491 g/mol. The maximum atomic E-state index is 12.9. The molecule has 1 saturated heterocycles. The quantitative estimate of drug-likeness (QED) is 0.395. The Balaban J connectivity index is 1.52. The molecule has 0 aliphatic carbocycles. The van der Waals surface area contributed by atoms with Crippen molar-refractivity contribution in [1.82, 2.24) is 0 Å². The maximum absolute atomic E-state index is 12.9. The van der Waals surface area contributed by atoms with Crippen molar-refractivity contribution in [3.8, 4) is 0 Å². The lowest BCUT2D eigenvalue weighted by molar-refractivity contribution is -0.269. The molecule has 1 aliphatic heterocycles. The first-order chi connectivity index (χ1) is 17.4. The summed E-state index contributed by atoms with van der Waals surface area (Å²) in [4.78, 5) is 38.0. The topological polar surface area (TPSA) is 108 Å². The van der Waals surface area contributed by atoms with Gasteiger partial charge in [-0.25, -0.2) is 14.4 Å². The second kappa shape index (κ2) is 11.6. The number of hydrogen-bond acceptors (Lipinski definition) is 8. The Morgan fingerprint density at radius 3 is 1.58 bits per heavy atom. The second-order valence-electron chi connectivity index (χ2n) is 8.36. The van der Waals surface area contributed by atoms with E-state index < -0.39 is 48.4 Å². The summed E-state index contributed by atoms with van der Waals surface area (Å²) in [6.45, 7) is 1.50. The van der Waals surface area contributed by atoms with E-state index in [0.29, 0.717) is 11.1 Å². The summed E-state index contributed by atoms with van der Waals surface area (Å²) in [5.41, 5.74) is 0.929. The van der Waals surface area contributed by atoms with Gasteiger partial charge in [0.05, 0.1) is 16.7 Å². The number of carbonyl (C=O) groups excluding carboxylic acids is 3. The summed E-state index contributed by atoms with van der Waals surface area (Å²) >= 11 is 0. The molecule has 1 aliphatic rings. The summed E-state index contributed by atoms with van der Waals surface area (Å²) in [6.07, 6.45) is -4.83. The monoisotopic (exact) mass is 490 g/mol. The number of esters is 3. The van der Waals surface area contributed by atoms with Gasteiger partial charge in [0.15, 0.2) is 12.4 Å². The van der Waals surface area contributed by atoms with Crippen LogP contribution in [0.5, 0.6) is 0 Å². The third-order valence-corrected chi connectivity index (χ3v) is 5.92. The van der Waals surface area contributed by atoms with Gasteiger partial charge in [-0.1, -0.05) is 61.5 Å². The van der Waals surface area contributed by atoms with Gasteiger partial charge in [0, 0.05) is 5.92 Å². The molecule has 3 aromatic carbocycles. The third kappa shape index (κ3) is 5.97. The molecular weight excluding hydrogens is 464 g/mol. The first-order valence-electron chi connectivity index (χ1n) is 11.5. The Morgan fingerprint density at radius 2 is 1.11 bits per heavy atom. The van der Waals surface area contributed by atoms with Gasteiger partial charge in [-0.05, 0) is 36.4 Å². The normalized spacial score (nSPS) is 23.3. The van der Waals surface area contributed by atoms with Crippen LogP contribution in [0, 0.1) is 5.92 Å². The molecule has 4 rings (SSSR count). The Kier molecular flexibility index (Phi) is 8.10. The smallest absolute Gasteiger partial charge is 0.338 e. The summed E-state index contributed by atoms with van der Waals surface area (Å²) in [5, 5.41) is 10.8. The molecule has 0 saturated carbocycles. The van der Waals surface area contributed by atoms with Gasteiger partial charge >= 0.3 is 17.9 Å². The molecule has 8 nitrogen and oxygen atoms in total. The van der Waals surface area contributed by atoms with E-state index >= 15 is 0 Å². The SMILES string of the molecule is C[C@H]1[C@H](OC(=O)c2ccccc2)[C@@H](OC(=O)c2ccccc2)C(O)O[C@@H]1COC(=O)c1ccccc1. The van der Waals surface area contributed by atoms with Crippen molar-refractivity contribution in [3.63, 3.8) is 0 Å². The van der Waals surface area contributed by atoms with Gasteiger partial charge in [-0.15, -0.1) is 0 Å². The summed E-state index contributed by atoms with van der Waals surface area (Å²) < 4.78 is 22.3. The number of carbonyl (C=O) groups is 3. The van der Waals surface area contributed by atoms with Crippen molar-refractivity contribution >= 4 is 17.9 Å². The highest BCUT2D eigenvalue weighted by molar-refractivity contribution is 5.90. The minimum absolute atomic E-state index is 0.204. The molecule has 5 atom stereocenters. The van der Waals surface area contributed by atoms with Gasteiger partial charge in [0.25, 0.3) is 0 Å². The van der Waals surface area contributed by atoms with Gasteiger partial charge in [-0.2, -0.15) is 0 Å². The average Bonchev–Trinajstić information content (AvgIpc) is 2.92. The van der Waals surface area contributed by atoms with Crippen LogP contribution in [0.2, 0.25) is 0 Å². The van der Waals surface area contributed by atoms with Crippen LogP contribution in [-0.4, -0.2) is 54.2 Å². The van der Waals surface area contributed by atoms with Gasteiger partial charge in [0.2, 0.25) is 0 Å². The maximum Gasteiger partial charge on any atom is 0.338 e. The lowest BCUT2D eigenvalue weighted by Crippen LogP contribution is -2.57. The van der Waals surface area contributed by atoms with E-state index in [2.05, 4.69) is 0 Å². The van der Waals surface area contributed by atoms with Crippen molar-refractivity contribution in [2.75, 3.05) is 6.61 Å². The molecular formula is C28H26O8. The van der Waals surface area contributed by atoms with Crippen LogP contribution < -0.4 is 0 Å². The number of rotatable bonds is 7. The summed E-state index contributed by atoms with van der Waals surface area (Å²) in [5.74, 6) is -2.51. The van der Waals surface area contributed by atoms with Crippen molar-refractivity contribution in [3.05, 3.63) is 108 Å². The highest BCUT2D eigenvalue weighted by Crippen LogP contribution is 2.31. The zero-order valence-corrected chi connectivity index (χ0v) is 19.6. The van der Waals surface area contributed by atoms with E-state index in [0.717, 1.165) is 0 Å². The first-order valence-corrected chi connectivity index (χ1v) is 11.5. The van der Waals surface area contributed by atoms with Crippen molar-refractivity contribution in [1.29, 1.82) is 0 Å². The number of hydrogen-bond donors (Lipinski definition) is 1. The van der Waals surface area contributed by atoms with E-state index in [-0.39, 0.29) is 12.2 Å². The number of aliphatic hydroxyl groups is 1. The van der Waals surface area contributed by atoms with E-state index in [1.807, 2.05) is 0 Å². The molecule has 1 N–H and O–H groups in total. The van der Waals surface area contributed by atoms with E-state index in [1.54, 1.807) is 97.9 Å². The highest BCUT2D eigenvalue weighted by atomic mass is 16.7. The largest absolute Gasteiger partial charge is 0.459 e. The Morgan fingerprint density at radius 1 is 0.694 bits per heavy atom. The fourth-order valence-electron chi connectivity index (χ4n) is 3.89. The minimum atomic E-state index is -1.62.